The Morgan fingerprint density at radius 1 is 1.53 bits per heavy atom. The van der Waals surface area contributed by atoms with Gasteiger partial charge < -0.3 is 15.8 Å². The maximum absolute atomic E-state index is 10.8. The van der Waals surface area contributed by atoms with Gasteiger partial charge in [-0.2, -0.15) is 0 Å². The summed E-state index contributed by atoms with van der Waals surface area (Å²) in [7, 11) is 0. The molecule has 0 bridgehead atoms. The molecule has 15 heavy (non-hydrogen) atoms. The number of hydrogen-bond donors (Lipinski definition) is 2. The maximum Gasteiger partial charge on any atom is 0.221 e. The molecule has 0 heterocycles. The van der Waals surface area contributed by atoms with Crippen molar-refractivity contribution in [1.29, 1.82) is 0 Å². The third-order valence-electron chi connectivity index (χ3n) is 1.90. The summed E-state index contributed by atoms with van der Waals surface area (Å²) in [5, 5.41) is 2.70. The standard InChI is InChI=1S/C11H16N2O2/c1-3-15-11-5-4-10(13-8(2)14)6-9(11)7-12/h4-6H,3,7,12H2,1-2H3,(H,13,14). The van der Waals surface area contributed by atoms with Crippen LogP contribution >= 0.6 is 0 Å². The van der Waals surface area contributed by atoms with Crippen molar-refractivity contribution in [2.45, 2.75) is 20.4 Å². The molecule has 1 aromatic rings. The molecule has 0 saturated heterocycles. The van der Waals surface area contributed by atoms with Crippen LogP contribution in [0.4, 0.5) is 5.69 Å². The number of amides is 1. The third-order valence-corrected chi connectivity index (χ3v) is 1.90. The highest BCUT2D eigenvalue weighted by Crippen LogP contribution is 2.22. The number of anilines is 1. The third kappa shape index (κ3) is 3.25. The Bertz CT molecular complexity index is 350. The van der Waals surface area contributed by atoms with Crippen LogP contribution in [0.3, 0.4) is 0 Å². The zero-order chi connectivity index (χ0) is 11.3. The van der Waals surface area contributed by atoms with Crippen LogP contribution in [0, 0.1) is 0 Å². The fraction of sp³-hybridized carbons (Fsp3) is 0.364. The second kappa shape index (κ2) is 5.36. The molecule has 0 fully saturated rings. The molecule has 0 radical (unpaired) electrons. The predicted octanol–water partition coefficient (Wildman–Crippen LogP) is 1.50. The Labute approximate surface area is 89.4 Å². The summed E-state index contributed by atoms with van der Waals surface area (Å²) in [5.74, 6) is 0.677. The van der Waals surface area contributed by atoms with Gasteiger partial charge in [0.25, 0.3) is 0 Å². The fourth-order valence-electron chi connectivity index (χ4n) is 1.32. The number of rotatable bonds is 4. The summed E-state index contributed by atoms with van der Waals surface area (Å²) in [6.45, 7) is 4.38. The minimum Gasteiger partial charge on any atom is -0.494 e. The number of nitrogens with one attached hydrogen (secondary N) is 1. The molecule has 0 atom stereocenters. The van der Waals surface area contributed by atoms with Gasteiger partial charge in [0.2, 0.25) is 5.91 Å². The minimum absolute atomic E-state index is 0.0952. The van der Waals surface area contributed by atoms with E-state index in [1.807, 2.05) is 19.1 Å². The highest BCUT2D eigenvalue weighted by molar-refractivity contribution is 5.88. The van der Waals surface area contributed by atoms with Crippen molar-refractivity contribution in [3.63, 3.8) is 0 Å². The Morgan fingerprint density at radius 2 is 2.27 bits per heavy atom. The average molecular weight is 208 g/mol. The van der Waals surface area contributed by atoms with Crippen LogP contribution in [0.15, 0.2) is 18.2 Å². The van der Waals surface area contributed by atoms with E-state index >= 15 is 0 Å². The molecule has 4 heteroatoms. The fourth-order valence-corrected chi connectivity index (χ4v) is 1.32. The van der Waals surface area contributed by atoms with E-state index in [2.05, 4.69) is 5.32 Å². The highest BCUT2D eigenvalue weighted by Gasteiger charge is 2.03. The van der Waals surface area contributed by atoms with Gasteiger partial charge in [-0.05, 0) is 25.1 Å². The molecule has 1 amide bonds. The number of carbonyl (C=O) groups is 1. The predicted molar refractivity (Wildman–Crippen MR) is 59.8 cm³/mol. The van der Waals surface area contributed by atoms with Gasteiger partial charge in [0.05, 0.1) is 6.61 Å². The largest absolute Gasteiger partial charge is 0.494 e. The molecule has 1 rings (SSSR count). The lowest BCUT2D eigenvalue weighted by molar-refractivity contribution is -0.114. The molecule has 0 saturated carbocycles. The van der Waals surface area contributed by atoms with Crippen LogP contribution < -0.4 is 15.8 Å². The second-order valence-corrected chi connectivity index (χ2v) is 3.14. The number of ether oxygens (including phenoxy) is 1. The SMILES string of the molecule is CCOc1ccc(NC(C)=O)cc1CN. The quantitative estimate of drug-likeness (QED) is 0.788. The summed E-state index contributed by atoms with van der Waals surface area (Å²) in [5.41, 5.74) is 7.22. The van der Waals surface area contributed by atoms with Crippen molar-refractivity contribution in [2.24, 2.45) is 5.73 Å². The molecule has 0 aromatic heterocycles. The smallest absolute Gasteiger partial charge is 0.221 e. The van der Waals surface area contributed by atoms with E-state index in [0.717, 1.165) is 17.0 Å². The Balaban J connectivity index is 2.91. The van der Waals surface area contributed by atoms with E-state index in [1.165, 1.54) is 6.92 Å². The molecular weight excluding hydrogens is 192 g/mol. The first-order valence-corrected chi connectivity index (χ1v) is 4.90. The molecule has 0 aliphatic heterocycles. The van der Waals surface area contributed by atoms with Crippen LogP contribution in [0.1, 0.15) is 19.4 Å². The number of carbonyl (C=O) groups excluding carboxylic acids is 1. The van der Waals surface area contributed by atoms with Crippen LogP contribution in [0.5, 0.6) is 5.75 Å². The first kappa shape index (κ1) is 11.5. The summed E-state index contributed by atoms with van der Waals surface area (Å²) in [6, 6.07) is 5.44. The molecule has 82 valence electrons. The van der Waals surface area contributed by atoms with Crippen molar-refractivity contribution in [2.75, 3.05) is 11.9 Å². The number of nitrogens with two attached hydrogens (primary N) is 1. The molecule has 0 spiro atoms. The molecule has 1 aromatic carbocycles. The summed E-state index contributed by atoms with van der Waals surface area (Å²) in [6.07, 6.45) is 0. The van der Waals surface area contributed by atoms with Crippen LogP contribution in [-0.4, -0.2) is 12.5 Å². The number of benzene rings is 1. The van der Waals surface area contributed by atoms with E-state index in [9.17, 15) is 4.79 Å². The van der Waals surface area contributed by atoms with Crippen LogP contribution in [0.2, 0.25) is 0 Å². The lowest BCUT2D eigenvalue weighted by atomic mass is 10.1. The van der Waals surface area contributed by atoms with Gasteiger partial charge in [-0.1, -0.05) is 0 Å². The molecule has 0 aliphatic carbocycles. The molecule has 4 nitrogen and oxygen atoms in total. The molecule has 0 aliphatic rings. The van der Waals surface area contributed by atoms with E-state index in [-0.39, 0.29) is 5.91 Å². The van der Waals surface area contributed by atoms with Crippen LogP contribution in [-0.2, 0) is 11.3 Å². The number of hydrogen-bond acceptors (Lipinski definition) is 3. The molecule has 0 unspecified atom stereocenters. The van der Waals surface area contributed by atoms with Gasteiger partial charge in [-0.25, -0.2) is 0 Å². The van der Waals surface area contributed by atoms with Gasteiger partial charge >= 0.3 is 0 Å². The minimum atomic E-state index is -0.0952. The van der Waals surface area contributed by atoms with E-state index in [1.54, 1.807) is 6.07 Å². The van der Waals surface area contributed by atoms with E-state index < -0.39 is 0 Å². The van der Waals surface area contributed by atoms with Crippen molar-refractivity contribution < 1.29 is 9.53 Å². The summed E-state index contributed by atoms with van der Waals surface area (Å²) < 4.78 is 5.40. The van der Waals surface area contributed by atoms with Crippen LogP contribution in [0.25, 0.3) is 0 Å². The Hall–Kier alpha value is -1.55. The lowest BCUT2D eigenvalue weighted by Gasteiger charge is -2.10. The molecular formula is C11H16N2O2. The first-order valence-electron chi connectivity index (χ1n) is 4.90. The zero-order valence-electron chi connectivity index (χ0n) is 9.04. The summed E-state index contributed by atoms with van der Waals surface area (Å²) in [4.78, 5) is 10.8. The highest BCUT2D eigenvalue weighted by atomic mass is 16.5. The van der Waals surface area contributed by atoms with Crippen molar-refractivity contribution in [3.8, 4) is 5.75 Å². The van der Waals surface area contributed by atoms with E-state index in [4.69, 9.17) is 10.5 Å². The maximum atomic E-state index is 10.8. The lowest BCUT2D eigenvalue weighted by Crippen LogP contribution is -2.08. The van der Waals surface area contributed by atoms with Gasteiger partial charge in [-0.3, -0.25) is 4.79 Å². The molecule has 3 N–H and O–H groups in total. The normalized spacial score (nSPS) is 9.80. The second-order valence-electron chi connectivity index (χ2n) is 3.14. The van der Waals surface area contributed by atoms with Crippen molar-refractivity contribution in [3.05, 3.63) is 23.8 Å². The van der Waals surface area contributed by atoms with E-state index in [0.29, 0.717) is 13.2 Å². The Kier molecular flexibility index (Phi) is 4.12. The topological polar surface area (TPSA) is 64.3 Å². The van der Waals surface area contributed by atoms with Gasteiger partial charge in [-0.15, -0.1) is 0 Å². The van der Waals surface area contributed by atoms with Gasteiger partial charge in [0.15, 0.2) is 0 Å². The van der Waals surface area contributed by atoms with Crippen molar-refractivity contribution in [1.82, 2.24) is 0 Å². The Morgan fingerprint density at radius 3 is 2.80 bits per heavy atom. The van der Waals surface area contributed by atoms with Gasteiger partial charge in [0.1, 0.15) is 5.75 Å². The van der Waals surface area contributed by atoms with Crippen molar-refractivity contribution >= 4 is 11.6 Å². The monoisotopic (exact) mass is 208 g/mol. The summed E-state index contributed by atoms with van der Waals surface area (Å²) >= 11 is 0. The average Bonchev–Trinajstić information content (AvgIpc) is 2.20. The van der Waals surface area contributed by atoms with Gasteiger partial charge in [0, 0.05) is 24.7 Å². The first-order chi connectivity index (χ1) is 7.17. The zero-order valence-corrected chi connectivity index (χ0v) is 9.04.